The van der Waals surface area contributed by atoms with Gasteiger partial charge in [-0.05, 0) is 51.7 Å². The lowest BCUT2D eigenvalue weighted by atomic mass is 9.81. The second-order valence-electron chi connectivity index (χ2n) is 4.93. The fourth-order valence-corrected chi connectivity index (χ4v) is 2.49. The molecule has 3 heteroatoms. The number of nitrogens with zero attached hydrogens (tertiary/aromatic N) is 2. The summed E-state index contributed by atoms with van der Waals surface area (Å²) < 4.78 is 0. The fourth-order valence-electron chi connectivity index (χ4n) is 2.49. The first-order chi connectivity index (χ1) is 6.68. The minimum Gasteiger partial charge on any atom is -0.326 e. The fraction of sp³-hybridized carbons (Fsp3) is 0.909. The van der Waals surface area contributed by atoms with Gasteiger partial charge in [0, 0.05) is 6.04 Å². The van der Waals surface area contributed by atoms with Crippen molar-refractivity contribution in [1.82, 2.24) is 4.90 Å². The molecule has 1 atom stereocenters. The number of piperidine rings is 1. The van der Waals surface area contributed by atoms with Crippen LogP contribution in [-0.2, 0) is 0 Å². The van der Waals surface area contributed by atoms with E-state index in [1.807, 2.05) is 0 Å². The molecule has 2 aliphatic rings. The molecule has 0 spiro atoms. The highest BCUT2D eigenvalue weighted by Crippen LogP contribution is 2.50. The molecule has 2 rings (SSSR count). The molecule has 0 radical (unpaired) electrons. The molecule has 3 nitrogen and oxygen atoms in total. The van der Waals surface area contributed by atoms with Crippen LogP contribution in [0.15, 0.2) is 0 Å². The van der Waals surface area contributed by atoms with E-state index < -0.39 is 0 Å². The number of rotatable bonds is 2. The summed E-state index contributed by atoms with van der Waals surface area (Å²) in [5, 5.41) is 9.07. The van der Waals surface area contributed by atoms with Crippen LogP contribution in [0.5, 0.6) is 0 Å². The molecule has 1 saturated carbocycles. The van der Waals surface area contributed by atoms with Crippen molar-refractivity contribution < 1.29 is 0 Å². The second-order valence-corrected chi connectivity index (χ2v) is 4.93. The quantitative estimate of drug-likeness (QED) is 0.710. The summed E-state index contributed by atoms with van der Waals surface area (Å²) in [5.41, 5.74) is 6.07. The Morgan fingerprint density at radius 3 is 2.43 bits per heavy atom. The number of nitriles is 1. The van der Waals surface area contributed by atoms with E-state index in [-0.39, 0.29) is 11.5 Å². The summed E-state index contributed by atoms with van der Waals surface area (Å²) in [5.74, 6) is 0.577. The topological polar surface area (TPSA) is 53.0 Å². The molecule has 1 unspecified atom stereocenters. The summed E-state index contributed by atoms with van der Waals surface area (Å²) in [6.07, 6.45) is 4.39. The standard InChI is InChI=1S/C11H19N3/c1-14-6-2-9(3-7-14)10(13)11(8-12)4-5-11/h9-10H,2-7,13H2,1H3. The highest BCUT2D eigenvalue weighted by molar-refractivity contribution is 5.16. The highest BCUT2D eigenvalue weighted by Gasteiger charge is 2.51. The van der Waals surface area contributed by atoms with Crippen LogP contribution in [0.2, 0.25) is 0 Å². The molecular weight excluding hydrogens is 174 g/mol. The van der Waals surface area contributed by atoms with Gasteiger partial charge < -0.3 is 10.6 Å². The summed E-state index contributed by atoms with van der Waals surface area (Å²) >= 11 is 0. The lowest BCUT2D eigenvalue weighted by Gasteiger charge is -2.34. The van der Waals surface area contributed by atoms with E-state index in [0.29, 0.717) is 5.92 Å². The van der Waals surface area contributed by atoms with Crippen LogP contribution >= 0.6 is 0 Å². The van der Waals surface area contributed by atoms with E-state index in [9.17, 15) is 0 Å². The number of hydrogen-bond donors (Lipinski definition) is 1. The van der Waals surface area contributed by atoms with Gasteiger partial charge in [0.05, 0.1) is 11.5 Å². The molecule has 0 aromatic carbocycles. The average molecular weight is 193 g/mol. The van der Waals surface area contributed by atoms with E-state index in [0.717, 1.165) is 25.9 Å². The number of nitrogens with two attached hydrogens (primary N) is 1. The van der Waals surface area contributed by atoms with Crippen molar-refractivity contribution in [3.8, 4) is 6.07 Å². The maximum atomic E-state index is 9.07. The van der Waals surface area contributed by atoms with E-state index in [2.05, 4.69) is 18.0 Å². The Bertz CT molecular complexity index is 244. The first kappa shape index (κ1) is 9.95. The van der Waals surface area contributed by atoms with Crippen molar-refractivity contribution in [1.29, 1.82) is 5.26 Å². The Labute approximate surface area is 85.9 Å². The minimum absolute atomic E-state index is 0.126. The summed E-state index contributed by atoms with van der Waals surface area (Å²) in [6.45, 7) is 2.28. The van der Waals surface area contributed by atoms with Gasteiger partial charge in [0.15, 0.2) is 0 Å². The van der Waals surface area contributed by atoms with Gasteiger partial charge in [-0.3, -0.25) is 0 Å². The van der Waals surface area contributed by atoms with Gasteiger partial charge in [-0.1, -0.05) is 0 Å². The van der Waals surface area contributed by atoms with Gasteiger partial charge in [-0.25, -0.2) is 0 Å². The molecule has 1 aliphatic carbocycles. The zero-order valence-corrected chi connectivity index (χ0v) is 8.87. The van der Waals surface area contributed by atoms with Crippen molar-refractivity contribution in [2.45, 2.75) is 31.7 Å². The zero-order valence-electron chi connectivity index (χ0n) is 8.87. The van der Waals surface area contributed by atoms with Crippen LogP contribution < -0.4 is 5.73 Å². The van der Waals surface area contributed by atoms with Gasteiger partial charge in [-0.2, -0.15) is 5.26 Å². The van der Waals surface area contributed by atoms with Crippen molar-refractivity contribution in [2.75, 3.05) is 20.1 Å². The predicted molar refractivity (Wildman–Crippen MR) is 55.5 cm³/mol. The Morgan fingerprint density at radius 1 is 1.43 bits per heavy atom. The minimum atomic E-state index is -0.138. The number of hydrogen-bond acceptors (Lipinski definition) is 3. The molecule has 1 aliphatic heterocycles. The van der Waals surface area contributed by atoms with Crippen molar-refractivity contribution in [3.05, 3.63) is 0 Å². The van der Waals surface area contributed by atoms with Crippen LogP contribution in [0.25, 0.3) is 0 Å². The molecule has 0 aromatic heterocycles. The van der Waals surface area contributed by atoms with Crippen molar-refractivity contribution in [3.63, 3.8) is 0 Å². The highest BCUT2D eigenvalue weighted by atomic mass is 15.1. The monoisotopic (exact) mass is 193 g/mol. The smallest absolute Gasteiger partial charge is 0.0728 e. The van der Waals surface area contributed by atoms with Gasteiger partial charge >= 0.3 is 0 Å². The lowest BCUT2D eigenvalue weighted by molar-refractivity contribution is 0.180. The van der Waals surface area contributed by atoms with Gasteiger partial charge in [0.1, 0.15) is 0 Å². The summed E-state index contributed by atoms with van der Waals surface area (Å²) in [6, 6.07) is 2.55. The third-order valence-corrected chi connectivity index (χ3v) is 3.92. The third kappa shape index (κ3) is 1.65. The number of likely N-dealkylation sites (tertiary alicyclic amines) is 1. The van der Waals surface area contributed by atoms with Crippen LogP contribution in [0.4, 0.5) is 0 Å². The maximum absolute atomic E-state index is 9.07. The van der Waals surface area contributed by atoms with Crippen LogP contribution in [0, 0.1) is 22.7 Å². The third-order valence-electron chi connectivity index (χ3n) is 3.92. The molecule has 1 saturated heterocycles. The normalized spacial score (nSPS) is 29.5. The van der Waals surface area contributed by atoms with E-state index >= 15 is 0 Å². The van der Waals surface area contributed by atoms with Gasteiger partial charge in [0.25, 0.3) is 0 Å². The molecule has 14 heavy (non-hydrogen) atoms. The average Bonchev–Trinajstić information content (AvgIpc) is 2.99. The Kier molecular flexibility index (Phi) is 2.50. The second kappa shape index (κ2) is 3.52. The zero-order chi connectivity index (χ0) is 10.2. The van der Waals surface area contributed by atoms with E-state index in [1.54, 1.807) is 0 Å². The molecule has 0 bridgehead atoms. The Hall–Kier alpha value is -0.590. The summed E-state index contributed by atoms with van der Waals surface area (Å²) in [7, 11) is 2.15. The molecule has 1 heterocycles. The van der Waals surface area contributed by atoms with E-state index in [1.165, 1.54) is 12.8 Å². The molecular formula is C11H19N3. The van der Waals surface area contributed by atoms with E-state index in [4.69, 9.17) is 11.0 Å². The largest absolute Gasteiger partial charge is 0.326 e. The van der Waals surface area contributed by atoms with Crippen LogP contribution in [0.1, 0.15) is 25.7 Å². The molecule has 78 valence electrons. The van der Waals surface area contributed by atoms with Gasteiger partial charge in [0.2, 0.25) is 0 Å². The van der Waals surface area contributed by atoms with Crippen LogP contribution in [-0.4, -0.2) is 31.1 Å². The summed E-state index contributed by atoms with van der Waals surface area (Å²) in [4.78, 5) is 2.34. The maximum Gasteiger partial charge on any atom is 0.0728 e. The van der Waals surface area contributed by atoms with Crippen LogP contribution in [0.3, 0.4) is 0 Å². The lowest BCUT2D eigenvalue weighted by Crippen LogP contribution is -2.44. The Morgan fingerprint density at radius 2 is 2.00 bits per heavy atom. The molecule has 2 fully saturated rings. The van der Waals surface area contributed by atoms with Gasteiger partial charge in [-0.15, -0.1) is 0 Å². The SMILES string of the molecule is CN1CCC(C(N)C2(C#N)CC2)CC1. The van der Waals surface area contributed by atoms with Crippen molar-refractivity contribution in [2.24, 2.45) is 17.1 Å². The Balaban J connectivity index is 1.93. The molecule has 2 N–H and O–H groups in total. The predicted octanol–water partition coefficient (Wildman–Crippen LogP) is 0.959. The molecule has 0 amide bonds. The van der Waals surface area contributed by atoms with Crippen molar-refractivity contribution >= 4 is 0 Å². The first-order valence-electron chi connectivity index (χ1n) is 5.53. The molecule has 0 aromatic rings. The first-order valence-corrected chi connectivity index (χ1v) is 5.53.